The standard InChI is InChI=1S/C38H47N9O5/c1-38(2,3)52-37(50)41-22-25-7-9-27(10-8-25)33(48)21-30(35(49)42-32-13-11-28(12-14-32)34-43-45-46-44-34)20-26-5-4-6-29(19-26)31-23-39-36(40-24-31)47-15-17-51-18-16-47/h4-6,11-14,19,23-25,27,30H,7-10,15-18,20-22H2,1-3H3,(H,41,50)(H,42,49)(H,43,44,45,46)/t25?,27?,30-/m1/s1. The number of ether oxygens (including phenoxy) is 2. The van der Waals surface area contributed by atoms with Crippen molar-refractivity contribution in [2.45, 2.75) is 64.9 Å². The average molecular weight is 710 g/mol. The first-order valence-corrected chi connectivity index (χ1v) is 18.0. The van der Waals surface area contributed by atoms with E-state index in [1.807, 2.05) is 69.6 Å². The molecule has 1 aliphatic heterocycles. The van der Waals surface area contributed by atoms with Gasteiger partial charge in [0.15, 0.2) is 0 Å². The highest BCUT2D eigenvalue weighted by atomic mass is 16.6. The van der Waals surface area contributed by atoms with Crippen LogP contribution in [0.2, 0.25) is 0 Å². The average Bonchev–Trinajstić information content (AvgIpc) is 3.69. The lowest BCUT2D eigenvalue weighted by molar-refractivity contribution is -0.129. The van der Waals surface area contributed by atoms with Crippen molar-refractivity contribution in [1.29, 1.82) is 0 Å². The number of nitrogens with zero attached hydrogens (tertiary/aromatic N) is 6. The van der Waals surface area contributed by atoms with Crippen LogP contribution in [-0.2, 0) is 25.5 Å². The molecule has 14 heteroatoms. The molecule has 2 fully saturated rings. The number of Topliss-reactive ketones (excluding diaryl/α,β-unsaturated/α-hetero) is 1. The SMILES string of the molecule is CC(C)(C)OC(=O)NCC1CCC(C(=O)C[C@@H](Cc2cccc(-c3cnc(N4CCOCC4)nc3)c2)C(=O)Nc2ccc(-c3nn[nH]n3)cc2)CC1. The van der Waals surface area contributed by atoms with Crippen LogP contribution < -0.4 is 15.5 Å². The van der Waals surface area contributed by atoms with Crippen molar-refractivity contribution in [2.75, 3.05) is 43.1 Å². The normalized spacial score (nSPS) is 18.3. The number of carbonyl (C=O) groups is 3. The van der Waals surface area contributed by atoms with E-state index in [0.717, 1.165) is 61.0 Å². The number of alkyl carbamates (subject to hydrolysis) is 1. The molecule has 0 unspecified atom stereocenters. The molecule has 3 N–H and O–H groups in total. The molecule has 0 radical (unpaired) electrons. The molecule has 1 saturated heterocycles. The first kappa shape index (κ1) is 36.5. The second-order valence-electron chi connectivity index (χ2n) is 14.5. The van der Waals surface area contributed by atoms with E-state index >= 15 is 0 Å². The molecule has 1 aliphatic carbocycles. The number of hydrogen-bond acceptors (Lipinski definition) is 11. The Morgan fingerprint density at radius 1 is 0.962 bits per heavy atom. The maximum absolute atomic E-state index is 13.9. The topological polar surface area (TPSA) is 177 Å². The lowest BCUT2D eigenvalue weighted by atomic mass is 9.77. The van der Waals surface area contributed by atoms with Gasteiger partial charge in [-0.3, -0.25) is 9.59 Å². The van der Waals surface area contributed by atoms with E-state index in [4.69, 9.17) is 9.47 Å². The minimum absolute atomic E-state index is 0.0920. The van der Waals surface area contributed by atoms with Crippen molar-refractivity contribution < 1.29 is 23.9 Å². The Labute approximate surface area is 303 Å². The number of aromatic nitrogens is 6. The monoisotopic (exact) mass is 709 g/mol. The summed E-state index contributed by atoms with van der Waals surface area (Å²) in [4.78, 5) is 51.2. The van der Waals surface area contributed by atoms with Crippen molar-refractivity contribution in [1.82, 2.24) is 35.9 Å². The van der Waals surface area contributed by atoms with E-state index in [1.165, 1.54) is 0 Å². The molecule has 3 heterocycles. The zero-order valence-corrected chi connectivity index (χ0v) is 30.0. The summed E-state index contributed by atoms with van der Waals surface area (Å²) < 4.78 is 10.8. The van der Waals surface area contributed by atoms with Crippen molar-refractivity contribution in [3.05, 3.63) is 66.5 Å². The summed E-state index contributed by atoms with van der Waals surface area (Å²) in [6.45, 7) is 8.85. The summed E-state index contributed by atoms with van der Waals surface area (Å²) in [5.41, 5.74) is 3.56. The predicted molar refractivity (Wildman–Crippen MR) is 195 cm³/mol. The largest absolute Gasteiger partial charge is 0.444 e. The molecule has 2 aromatic heterocycles. The minimum Gasteiger partial charge on any atom is -0.444 e. The van der Waals surface area contributed by atoms with Gasteiger partial charge in [0.1, 0.15) is 11.4 Å². The smallest absolute Gasteiger partial charge is 0.407 e. The summed E-state index contributed by atoms with van der Waals surface area (Å²) in [6, 6.07) is 15.2. The van der Waals surface area contributed by atoms with Gasteiger partial charge in [-0.2, -0.15) is 5.21 Å². The maximum atomic E-state index is 13.9. The fourth-order valence-electron chi connectivity index (χ4n) is 6.69. The van der Waals surface area contributed by atoms with E-state index in [9.17, 15) is 14.4 Å². The first-order chi connectivity index (χ1) is 25.1. The zero-order valence-electron chi connectivity index (χ0n) is 30.0. The van der Waals surface area contributed by atoms with E-state index in [0.29, 0.717) is 43.6 Å². The fraction of sp³-hybridized carbons (Fsp3) is 0.474. The van der Waals surface area contributed by atoms with Crippen LogP contribution in [0.4, 0.5) is 16.4 Å². The van der Waals surface area contributed by atoms with Gasteiger partial charge in [0, 0.05) is 67.1 Å². The molecule has 2 aromatic carbocycles. The highest BCUT2D eigenvalue weighted by Gasteiger charge is 2.31. The van der Waals surface area contributed by atoms with Gasteiger partial charge in [0.05, 0.1) is 13.2 Å². The number of anilines is 2. The summed E-state index contributed by atoms with van der Waals surface area (Å²) in [5.74, 6) is 0.561. The van der Waals surface area contributed by atoms with Crippen LogP contribution in [0.15, 0.2) is 60.9 Å². The second kappa shape index (κ2) is 16.9. The third-order valence-electron chi connectivity index (χ3n) is 9.48. The molecule has 1 saturated carbocycles. The molecule has 52 heavy (non-hydrogen) atoms. The number of hydrogen-bond donors (Lipinski definition) is 3. The predicted octanol–water partition coefficient (Wildman–Crippen LogP) is 5.25. The van der Waals surface area contributed by atoms with Crippen LogP contribution in [0.5, 0.6) is 0 Å². The van der Waals surface area contributed by atoms with Gasteiger partial charge in [-0.15, -0.1) is 10.2 Å². The van der Waals surface area contributed by atoms with Gasteiger partial charge >= 0.3 is 6.09 Å². The molecule has 274 valence electrons. The molecular formula is C38H47N9O5. The highest BCUT2D eigenvalue weighted by molar-refractivity contribution is 5.96. The third kappa shape index (κ3) is 10.2. The number of amides is 2. The number of benzene rings is 2. The van der Waals surface area contributed by atoms with E-state index < -0.39 is 17.6 Å². The van der Waals surface area contributed by atoms with Gasteiger partial charge < -0.3 is 25.0 Å². The number of tetrazole rings is 1. The molecular weight excluding hydrogens is 662 g/mol. The van der Waals surface area contributed by atoms with Crippen LogP contribution in [0, 0.1) is 17.8 Å². The molecule has 6 rings (SSSR count). The lowest BCUT2D eigenvalue weighted by Crippen LogP contribution is -2.37. The van der Waals surface area contributed by atoms with E-state index in [1.54, 1.807) is 12.1 Å². The third-order valence-corrected chi connectivity index (χ3v) is 9.48. The van der Waals surface area contributed by atoms with E-state index in [2.05, 4.69) is 46.1 Å². The van der Waals surface area contributed by atoms with Gasteiger partial charge in [0.2, 0.25) is 17.7 Å². The molecule has 2 aliphatic rings. The van der Waals surface area contributed by atoms with Crippen LogP contribution in [0.3, 0.4) is 0 Å². The number of morpholine rings is 1. The summed E-state index contributed by atoms with van der Waals surface area (Å²) >= 11 is 0. The Kier molecular flexibility index (Phi) is 11.8. The number of rotatable bonds is 12. The summed E-state index contributed by atoms with van der Waals surface area (Å²) in [6.07, 6.45) is 6.82. The number of carbonyl (C=O) groups excluding carboxylic acids is 3. The fourth-order valence-corrected chi connectivity index (χ4v) is 6.69. The molecule has 14 nitrogen and oxygen atoms in total. The van der Waals surface area contributed by atoms with Crippen LogP contribution in [0.25, 0.3) is 22.5 Å². The number of ketones is 1. The Morgan fingerprint density at radius 2 is 1.69 bits per heavy atom. The molecule has 1 atom stereocenters. The Bertz CT molecular complexity index is 1780. The van der Waals surface area contributed by atoms with Crippen LogP contribution >= 0.6 is 0 Å². The number of H-pyrrole nitrogens is 1. The second-order valence-corrected chi connectivity index (χ2v) is 14.5. The summed E-state index contributed by atoms with van der Waals surface area (Å²) in [5, 5.41) is 20.0. The molecule has 0 bridgehead atoms. The number of nitrogens with one attached hydrogen (secondary N) is 3. The van der Waals surface area contributed by atoms with Crippen molar-refractivity contribution in [3.8, 4) is 22.5 Å². The van der Waals surface area contributed by atoms with E-state index in [-0.39, 0.29) is 29.9 Å². The summed E-state index contributed by atoms with van der Waals surface area (Å²) in [7, 11) is 0. The van der Waals surface area contributed by atoms with Crippen molar-refractivity contribution >= 4 is 29.4 Å². The number of aromatic amines is 1. The maximum Gasteiger partial charge on any atom is 0.407 e. The Morgan fingerprint density at radius 3 is 2.37 bits per heavy atom. The van der Waals surface area contributed by atoms with Crippen LogP contribution in [0.1, 0.15) is 58.4 Å². The molecule has 0 spiro atoms. The van der Waals surface area contributed by atoms with Crippen molar-refractivity contribution in [3.63, 3.8) is 0 Å². The van der Waals surface area contributed by atoms with Gasteiger partial charge in [0.25, 0.3) is 0 Å². The van der Waals surface area contributed by atoms with Gasteiger partial charge in [-0.1, -0.05) is 24.3 Å². The minimum atomic E-state index is -0.592. The van der Waals surface area contributed by atoms with Gasteiger partial charge in [-0.25, -0.2) is 14.8 Å². The van der Waals surface area contributed by atoms with Crippen LogP contribution in [-0.4, -0.2) is 86.8 Å². The zero-order chi connectivity index (χ0) is 36.5. The Balaban J connectivity index is 1.12. The highest BCUT2D eigenvalue weighted by Crippen LogP contribution is 2.32. The van der Waals surface area contributed by atoms with Gasteiger partial charge in [-0.05, 0) is 99.4 Å². The molecule has 2 amide bonds. The quantitative estimate of drug-likeness (QED) is 0.175. The first-order valence-electron chi connectivity index (χ1n) is 18.0. The Hall–Kier alpha value is -5.24. The lowest BCUT2D eigenvalue weighted by Gasteiger charge is -2.29. The molecule has 4 aromatic rings. The van der Waals surface area contributed by atoms with Crippen molar-refractivity contribution in [2.24, 2.45) is 17.8 Å².